The first-order valence-electron chi connectivity index (χ1n) is 9.41. The lowest BCUT2D eigenvalue weighted by Crippen LogP contribution is -2.50. The van der Waals surface area contributed by atoms with Crippen LogP contribution in [0.2, 0.25) is 0 Å². The van der Waals surface area contributed by atoms with Crippen molar-refractivity contribution in [3.63, 3.8) is 0 Å². The second kappa shape index (κ2) is 8.53. The Bertz CT molecular complexity index is 1120. The molecular weight excluding hydrogens is 432 g/mol. The van der Waals surface area contributed by atoms with Gasteiger partial charge in [0.05, 0.1) is 31.0 Å². The van der Waals surface area contributed by atoms with Crippen LogP contribution in [0.4, 0.5) is 0 Å². The highest BCUT2D eigenvalue weighted by atomic mass is 32.2. The second-order valence-corrected chi connectivity index (χ2v) is 10.6. The van der Waals surface area contributed by atoms with Crippen LogP contribution >= 0.6 is 0 Å². The van der Waals surface area contributed by atoms with Crippen molar-refractivity contribution in [1.29, 1.82) is 0 Å². The molecule has 2 aromatic rings. The molecular formula is C18H26N4O6S2. The molecule has 0 unspecified atom stereocenters. The summed E-state index contributed by atoms with van der Waals surface area (Å²) in [5.74, 6) is 0.735. The standard InChI is InChI=1S/C18H26N4O6S2/c1-5-22-14(2)18(13-19-22)30(25,26)21-10-8-20(9-11-21)29(23,24)15-6-7-16(27-3)17(12-15)28-4/h6-7,12-13H,5,8-11H2,1-4H3. The zero-order valence-corrected chi connectivity index (χ0v) is 19.0. The van der Waals surface area contributed by atoms with Crippen molar-refractivity contribution in [1.82, 2.24) is 18.4 Å². The van der Waals surface area contributed by atoms with E-state index in [1.807, 2.05) is 6.92 Å². The van der Waals surface area contributed by atoms with Crippen molar-refractivity contribution in [2.24, 2.45) is 0 Å². The highest BCUT2D eigenvalue weighted by Crippen LogP contribution is 2.31. The van der Waals surface area contributed by atoms with Crippen LogP contribution in [0.25, 0.3) is 0 Å². The summed E-state index contributed by atoms with van der Waals surface area (Å²) in [4.78, 5) is 0.220. The molecule has 1 saturated heterocycles. The number of nitrogens with zero attached hydrogens (tertiary/aromatic N) is 4. The van der Waals surface area contributed by atoms with Gasteiger partial charge in [-0.1, -0.05) is 0 Å². The lowest BCUT2D eigenvalue weighted by Gasteiger charge is -2.33. The van der Waals surface area contributed by atoms with Crippen LogP contribution in [-0.4, -0.2) is 75.6 Å². The topological polar surface area (TPSA) is 111 Å². The maximum Gasteiger partial charge on any atom is 0.246 e. The van der Waals surface area contributed by atoms with Gasteiger partial charge in [0.2, 0.25) is 20.0 Å². The number of benzene rings is 1. The molecule has 0 bridgehead atoms. The van der Waals surface area contributed by atoms with E-state index in [2.05, 4.69) is 5.10 Å². The van der Waals surface area contributed by atoms with Gasteiger partial charge in [-0.3, -0.25) is 4.68 Å². The van der Waals surface area contributed by atoms with Gasteiger partial charge in [-0.2, -0.15) is 13.7 Å². The Labute approximate surface area is 177 Å². The SMILES string of the molecule is CCn1ncc(S(=O)(=O)N2CCN(S(=O)(=O)c3ccc(OC)c(OC)c3)CC2)c1C. The first-order valence-corrected chi connectivity index (χ1v) is 12.3. The normalized spacial score (nSPS) is 16.5. The average molecular weight is 459 g/mol. The van der Waals surface area contributed by atoms with Gasteiger partial charge in [-0.05, 0) is 26.0 Å². The molecule has 0 spiro atoms. The van der Waals surface area contributed by atoms with Crippen molar-refractivity contribution in [3.05, 3.63) is 30.1 Å². The van der Waals surface area contributed by atoms with Gasteiger partial charge < -0.3 is 9.47 Å². The molecule has 1 aliphatic heterocycles. The number of ether oxygens (including phenoxy) is 2. The Balaban J connectivity index is 1.78. The minimum Gasteiger partial charge on any atom is -0.493 e. The number of aromatic nitrogens is 2. The van der Waals surface area contributed by atoms with Crippen LogP contribution in [0.5, 0.6) is 11.5 Å². The van der Waals surface area contributed by atoms with E-state index in [0.29, 0.717) is 23.7 Å². The minimum atomic E-state index is -3.80. The maximum atomic E-state index is 13.0. The molecule has 1 aromatic heterocycles. The van der Waals surface area contributed by atoms with Crippen molar-refractivity contribution < 1.29 is 26.3 Å². The van der Waals surface area contributed by atoms with Gasteiger partial charge in [0.15, 0.2) is 11.5 Å². The number of rotatable bonds is 7. The lowest BCUT2D eigenvalue weighted by molar-refractivity contribution is 0.272. The molecule has 0 N–H and O–H groups in total. The van der Waals surface area contributed by atoms with Gasteiger partial charge >= 0.3 is 0 Å². The van der Waals surface area contributed by atoms with Crippen molar-refractivity contribution in [2.75, 3.05) is 40.4 Å². The third-order valence-corrected chi connectivity index (χ3v) is 9.06. The number of hydrogen-bond donors (Lipinski definition) is 0. The largest absolute Gasteiger partial charge is 0.493 e. The molecule has 1 aromatic carbocycles. The lowest BCUT2D eigenvalue weighted by atomic mass is 10.3. The smallest absolute Gasteiger partial charge is 0.246 e. The molecule has 0 saturated carbocycles. The number of hydrogen-bond acceptors (Lipinski definition) is 7. The predicted molar refractivity (Wildman–Crippen MR) is 110 cm³/mol. The molecule has 166 valence electrons. The molecule has 3 rings (SSSR count). The molecule has 10 nitrogen and oxygen atoms in total. The molecule has 0 radical (unpaired) electrons. The average Bonchev–Trinajstić information content (AvgIpc) is 3.14. The van der Waals surface area contributed by atoms with Crippen molar-refractivity contribution >= 4 is 20.0 Å². The van der Waals surface area contributed by atoms with E-state index in [4.69, 9.17) is 9.47 Å². The number of piperazine rings is 1. The zero-order chi connectivity index (χ0) is 22.1. The fraction of sp³-hybridized carbons (Fsp3) is 0.500. The third kappa shape index (κ3) is 3.92. The number of aryl methyl sites for hydroxylation is 1. The van der Waals surface area contributed by atoms with Gasteiger partial charge in [0.25, 0.3) is 0 Å². The highest BCUT2D eigenvalue weighted by molar-refractivity contribution is 7.89. The monoisotopic (exact) mass is 458 g/mol. The summed E-state index contributed by atoms with van der Waals surface area (Å²) in [7, 11) is -4.64. The Kier molecular flexibility index (Phi) is 6.41. The van der Waals surface area contributed by atoms with Crippen LogP contribution < -0.4 is 9.47 Å². The highest BCUT2D eigenvalue weighted by Gasteiger charge is 2.35. The van der Waals surface area contributed by atoms with Gasteiger partial charge in [0, 0.05) is 38.8 Å². The number of methoxy groups -OCH3 is 2. The molecule has 1 fully saturated rings. The summed E-state index contributed by atoms with van der Waals surface area (Å²) in [6, 6.07) is 4.38. The molecule has 30 heavy (non-hydrogen) atoms. The summed E-state index contributed by atoms with van der Waals surface area (Å²) in [5, 5.41) is 4.10. The molecule has 12 heteroatoms. The summed E-state index contributed by atoms with van der Waals surface area (Å²) in [6.45, 7) is 4.39. The van der Waals surface area contributed by atoms with E-state index in [-0.39, 0.29) is 36.0 Å². The maximum absolute atomic E-state index is 13.0. The van der Waals surface area contributed by atoms with E-state index >= 15 is 0 Å². The van der Waals surface area contributed by atoms with E-state index in [0.717, 1.165) is 0 Å². The van der Waals surface area contributed by atoms with E-state index in [9.17, 15) is 16.8 Å². The van der Waals surface area contributed by atoms with E-state index in [1.54, 1.807) is 11.6 Å². The van der Waals surface area contributed by atoms with Gasteiger partial charge in [-0.15, -0.1) is 0 Å². The first kappa shape index (κ1) is 22.5. The second-order valence-electron chi connectivity index (χ2n) is 6.73. The van der Waals surface area contributed by atoms with Crippen LogP contribution in [0, 0.1) is 6.92 Å². The van der Waals surface area contributed by atoms with Crippen LogP contribution in [-0.2, 0) is 26.6 Å². The molecule has 0 aliphatic carbocycles. The Morgan fingerprint density at radius 1 is 0.933 bits per heavy atom. The molecule has 0 atom stereocenters. The quantitative estimate of drug-likeness (QED) is 0.607. The first-order chi connectivity index (χ1) is 14.2. The van der Waals surface area contributed by atoms with E-state index in [1.165, 1.54) is 47.2 Å². The Morgan fingerprint density at radius 2 is 1.50 bits per heavy atom. The third-order valence-electron chi connectivity index (χ3n) is 5.17. The van der Waals surface area contributed by atoms with Gasteiger partial charge in [0.1, 0.15) is 4.90 Å². The summed E-state index contributed by atoms with van der Waals surface area (Å²) in [5.41, 5.74) is 0.567. The van der Waals surface area contributed by atoms with Gasteiger partial charge in [-0.25, -0.2) is 16.8 Å². The Hall–Kier alpha value is -2.15. The van der Waals surface area contributed by atoms with Crippen molar-refractivity contribution in [3.8, 4) is 11.5 Å². The molecule has 0 amide bonds. The van der Waals surface area contributed by atoms with E-state index < -0.39 is 20.0 Å². The fourth-order valence-corrected chi connectivity index (χ4v) is 6.44. The van der Waals surface area contributed by atoms with Crippen LogP contribution in [0.1, 0.15) is 12.6 Å². The molecule has 2 heterocycles. The summed E-state index contributed by atoms with van der Waals surface area (Å²) < 4.78 is 66.6. The van der Waals surface area contributed by atoms with Crippen LogP contribution in [0.15, 0.2) is 34.2 Å². The fourth-order valence-electron chi connectivity index (χ4n) is 3.42. The summed E-state index contributed by atoms with van der Waals surface area (Å²) in [6.07, 6.45) is 1.35. The summed E-state index contributed by atoms with van der Waals surface area (Å²) >= 11 is 0. The number of sulfonamides is 2. The van der Waals surface area contributed by atoms with Crippen molar-refractivity contribution in [2.45, 2.75) is 30.2 Å². The zero-order valence-electron chi connectivity index (χ0n) is 17.4. The molecule has 1 aliphatic rings. The predicted octanol–water partition coefficient (Wildman–Crippen LogP) is 0.924. The Morgan fingerprint density at radius 3 is 2.00 bits per heavy atom. The van der Waals surface area contributed by atoms with Crippen LogP contribution in [0.3, 0.4) is 0 Å². The minimum absolute atomic E-state index is 0.0525.